The molecule has 4 rings (SSSR count). The summed E-state index contributed by atoms with van der Waals surface area (Å²) in [4.78, 5) is 12.8. The number of hydrogen-bond donors (Lipinski definition) is 5. The summed E-state index contributed by atoms with van der Waals surface area (Å²) in [7, 11) is 0. The maximum atomic E-state index is 10.3. The van der Waals surface area contributed by atoms with Gasteiger partial charge in [-0.05, 0) is 12.5 Å². The number of hydrogen-bond acceptors (Lipinski definition) is 9. The Labute approximate surface area is 160 Å². The average molecular weight is 386 g/mol. The molecule has 28 heavy (non-hydrogen) atoms. The Morgan fingerprint density at radius 2 is 1.96 bits per heavy atom. The van der Waals surface area contributed by atoms with Crippen molar-refractivity contribution in [2.45, 2.75) is 37.5 Å². The van der Waals surface area contributed by atoms with Gasteiger partial charge < -0.3 is 31.1 Å². The Bertz CT molecular complexity index is 965. The molecule has 1 saturated heterocycles. The Morgan fingerprint density at radius 3 is 2.64 bits per heavy atom. The molecule has 3 aromatic rings. The number of nitrogen functional groups attached to an aromatic ring is 1. The van der Waals surface area contributed by atoms with Crippen molar-refractivity contribution in [3.05, 3.63) is 42.2 Å². The number of nitrogens with one attached hydrogen (secondary N) is 1. The lowest BCUT2D eigenvalue weighted by Crippen LogP contribution is -2.33. The van der Waals surface area contributed by atoms with E-state index >= 15 is 0 Å². The van der Waals surface area contributed by atoms with E-state index in [-0.39, 0.29) is 12.0 Å². The van der Waals surface area contributed by atoms with Gasteiger partial charge in [0.2, 0.25) is 5.95 Å². The van der Waals surface area contributed by atoms with Crippen LogP contribution in [-0.2, 0) is 4.74 Å². The molecule has 0 unspecified atom stereocenters. The molecule has 0 spiro atoms. The van der Waals surface area contributed by atoms with Crippen LogP contribution in [0.2, 0.25) is 0 Å². The van der Waals surface area contributed by atoms with E-state index < -0.39 is 31.1 Å². The second-order valence-electron chi connectivity index (χ2n) is 6.76. The molecule has 2 aromatic heterocycles. The Kier molecular flexibility index (Phi) is 4.85. The molecule has 1 aliphatic rings. The van der Waals surface area contributed by atoms with E-state index in [1.165, 1.54) is 10.9 Å². The Morgan fingerprint density at radius 1 is 1.21 bits per heavy atom. The largest absolute Gasteiger partial charge is 0.394 e. The predicted octanol–water partition coefficient (Wildman–Crippen LogP) is 0.193. The number of ether oxygens (including phenoxy) is 1. The number of rotatable bonds is 5. The number of fused-ring (bicyclic) bond motifs is 1. The Hall–Kier alpha value is -2.79. The number of nitrogens with zero attached hydrogens (tertiary/aromatic N) is 4. The van der Waals surface area contributed by atoms with Gasteiger partial charge in [0.25, 0.3) is 0 Å². The van der Waals surface area contributed by atoms with Crippen LogP contribution in [-0.4, -0.2) is 59.8 Å². The number of aliphatic hydroxyl groups is 3. The topological polar surface area (TPSA) is 152 Å². The first-order valence-electron chi connectivity index (χ1n) is 8.93. The van der Waals surface area contributed by atoms with Gasteiger partial charge in [-0.1, -0.05) is 30.3 Å². The molecule has 0 bridgehead atoms. The molecule has 0 saturated carbocycles. The van der Waals surface area contributed by atoms with Gasteiger partial charge in [-0.2, -0.15) is 9.97 Å². The number of imidazole rings is 1. The molecule has 6 N–H and O–H groups in total. The van der Waals surface area contributed by atoms with Crippen LogP contribution < -0.4 is 11.1 Å². The Balaban J connectivity index is 1.69. The summed E-state index contributed by atoms with van der Waals surface area (Å²) >= 11 is 0. The second-order valence-corrected chi connectivity index (χ2v) is 6.76. The number of anilines is 2. The maximum absolute atomic E-state index is 10.3. The van der Waals surface area contributed by atoms with Gasteiger partial charge in [-0.25, -0.2) is 4.98 Å². The zero-order chi connectivity index (χ0) is 19.8. The lowest BCUT2D eigenvalue weighted by molar-refractivity contribution is -0.0511. The van der Waals surface area contributed by atoms with Gasteiger partial charge in [-0.15, -0.1) is 0 Å². The van der Waals surface area contributed by atoms with E-state index in [4.69, 9.17) is 10.5 Å². The molecule has 0 amide bonds. The maximum Gasteiger partial charge on any atom is 0.224 e. The zero-order valence-corrected chi connectivity index (χ0v) is 15.2. The van der Waals surface area contributed by atoms with Crippen molar-refractivity contribution >= 4 is 22.9 Å². The van der Waals surface area contributed by atoms with Crippen molar-refractivity contribution in [2.75, 3.05) is 17.7 Å². The van der Waals surface area contributed by atoms with Gasteiger partial charge in [0.05, 0.1) is 19.0 Å². The number of nitrogens with two attached hydrogens (primary N) is 1. The third-order valence-electron chi connectivity index (χ3n) is 4.88. The minimum absolute atomic E-state index is 0.0313. The molecule has 5 atom stereocenters. The molecule has 148 valence electrons. The van der Waals surface area contributed by atoms with Crippen LogP contribution in [0.1, 0.15) is 24.8 Å². The van der Waals surface area contributed by atoms with Gasteiger partial charge in [0.1, 0.15) is 18.3 Å². The normalized spacial score (nSPS) is 25.9. The molecular formula is C18H22N6O4. The summed E-state index contributed by atoms with van der Waals surface area (Å²) in [5.74, 6) is 0.480. The molecule has 10 heteroatoms. The standard InChI is InChI=1S/C18H22N6O4/c1-9(10-5-3-2-4-6-10)21-15-12-16(23-18(19)22-15)24(8-20-12)17-14(27)13(26)11(7-25)28-17/h2-6,8-9,11,13-14,17,25-27H,7H2,1H3,(H3,19,21,22,23)/t9-,11+,13+,14+,17+/m0/s1. The molecule has 0 aliphatic carbocycles. The van der Waals surface area contributed by atoms with Crippen LogP contribution in [0, 0.1) is 0 Å². The molecular weight excluding hydrogens is 364 g/mol. The molecule has 1 aromatic carbocycles. The molecule has 0 radical (unpaired) electrons. The quantitative estimate of drug-likeness (QED) is 0.414. The van der Waals surface area contributed by atoms with E-state index in [1.54, 1.807) is 0 Å². The van der Waals surface area contributed by atoms with Crippen LogP contribution in [0.5, 0.6) is 0 Å². The third-order valence-corrected chi connectivity index (χ3v) is 4.88. The van der Waals surface area contributed by atoms with E-state index in [2.05, 4.69) is 20.3 Å². The first kappa shape index (κ1) is 18.6. The van der Waals surface area contributed by atoms with Gasteiger partial charge in [-0.3, -0.25) is 4.57 Å². The van der Waals surface area contributed by atoms with Crippen molar-refractivity contribution < 1.29 is 20.1 Å². The highest BCUT2D eigenvalue weighted by Gasteiger charge is 2.44. The molecule has 10 nitrogen and oxygen atoms in total. The molecule has 1 fully saturated rings. The molecule has 3 heterocycles. The highest BCUT2D eigenvalue weighted by atomic mass is 16.6. The summed E-state index contributed by atoms with van der Waals surface area (Å²) in [6, 6.07) is 9.79. The van der Waals surface area contributed by atoms with Crippen LogP contribution >= 0.6 is 0 Å². The summed E-state index contributed by atoms with van der Waals surface area (Å²) in [5, 5.41) is 32.9. The minimum atomic E-state index is -1.25. The second kappa shape index (κ2) is 7.32. The fourth-order valence-corrected chi connectivity index (χ4v) is 3.36. The number of benzene rings is 1. The summed E-state index contributed by atoms with van der Waals surface area (Å²) in [5.41, 5.74) is 7.76. The highest BCUT2D eigenvalue weighted by molar-refractivity contribution is 5.84. The summed E-state index contributed by atoms with van der Waals surface area (Å²) in [6.45, 7) is 1.57. The third kappa shape index (κ3) is 3.16. The lowest BCUT2D eigenvalue weighted by atomic mass is 10.1. The van der Waals surface area contributed by atoms with Crippen LogP contribution in [0.4, 0.5) is 11.8 Å². The number of aliphatic hydroxyl groups excluding tert-OH is 3. The first-order chi connectivity index (χ1) is 13.5. The SMILES string of the molecule is C[C@H](Nc1nc(N)nc2c1ncn2[C@@H]1O[C@H](CO)[C@@H](O)[C@H]1O)c1ccccc1. The number of aromatic nitrogens is 4. The van der Waals surface area contributed by atoms with Crippen molar-refractivity contribution in [3.8, 4) is 0 Å². The van der Waals surface area contributed by atoms with Crippen LogP contribution in [0.25, 0.3) is 11.2 Å². The van der Waals surface area contributed by atoms with E-state index in [0.717, 1.165) is 5.56 Å². The predicted molar refractivity (Wildman–Crippen MR) is 101 cm³/mol. The lowest BCUT2D eigenvalue weighted by Gasteiger charge is -2.18. The smallest absolute Gasteiger partial charge is 0.224 e. The van der Waals surface area contributed by atoms with Crippen molar-refractivity contribution in [1.29, 1.82) is 0 Å². The van der Waals surface area contributed by atoms with Gasteiger partial charge in [0, 0.05) is 0 Å². The van der Waals surface area contributed by atoms with Gasteiger partial charge in [0.15, 0.2) is 23.2 Å². The zero-order valence-electron chi connectivity index (χ0n) is 15.2. The van der Waals surface area contributed by atoms with Crippen molar-refractivity contribution in [1.82, 2.24) is 19.5 Å². The van der Waals surface area contributed by atoms with Crippen molar-refractivity contribution in [3.63, 3.8) is 0 Å². The van der Waals surface area contributed by atoms with E-state index in [0.29, 0.717) is 17.0 Å². The fraction of sp³-hybridized carbons (Fsp3) is 0.389. The average Bonchev–Trinajstić information content (AvgIpc) is 3.23. The monoisotopic (exact) mass is 386 g/mol. The van der Waals surface area contributed by atoms with Crippen LogP contribution in [0.15, 0.2) is 36.7 Å². The van der Waals surface area contributed by atoms with E-state index in [1.807, 2.05) is 37.3 Å². The molecule has 1 aliphatic heterocycles. The summed E-state index contributed by atoms with van der Waals surface area (Å²) in [6.07, 6.45) is -2.87. The van der Waals surface area contributed by atoms with E-state index in [9.17, 15) is 15.3 Å². The fourth-order valence-electron chi connectivity index (χ4n) is 3.36. The summed E-state index contributed by atoms with van der Waals surface area (Å²) < 4.78 is 7.05. The van der Waals surface area contributed by atoms with Gasteiger partial charge >= 0.3 is 0 Å². The van der Waals surface area contributed by atoms with Crippen molar-refractivity contribution in [2.24, 2.45) is 0 Å². The van der Waals surface area contributed by atoms with Crippen LogP contribution in [0.3, 0.4) is 0 Å². The highest BCUT2D eigenvalue weighted by Crippen LogP contribution is 2.33. The first-order valence-corrected chi connectivity index (χ1v) is 8.93. The minimum Gasteiger partial charge on any atom is -0.394 e.